The molecule has 72 valence electrons. The predicted molar refractivity (Wildman–Crippen MR) is 56.6 cm³/mol. The Morgan fingerprint density at radius 2 is 1.62 bits per heavy atom. The average Bonchev–Trinajstić information content (AvgIpc) is 2.06. The second-order valence-corrected chi connectivity index (χ2v) is 3.22. The summed E-state index contributed by atoms with van der Waals surface area (Å²) in [6, 6.07) is 10.6. The van der Waals surface area contributed by atoms with Crippen LogP contribution in [-0.2, 0) is 6.42 Å². The number of hydrogen-bond donors (Lipinski definition) is 2. The predicted octanol–water partition coefficient (Wildman–Crippen LogP) is 1.12. The first-order valence-corrected chi connectivity index (χ1v) is 4.46. The Kier molecular flexibility index (Phi) is 7.35. The molecule has 0 amide bonds. The van der Waals surface area contributed by atoms with Crippen LogP contribution in [0.15, 0.2) is 30.3 Å². The molecule has 0 spiro atoms. The van der Waals surface area contributed by atoms with Crippen molar-refractivity contribution in [3.63, 3.8) is 0 Å². The molecule has 1 aromatic carbocycles. The van der Waals surface area contributed by atoms with Gasteiger partial charge in [-0.1, -0.05) is 44.2 Å². The molecule has 0 saturated carbocycles. The van der Waals surface area contributed by atoms with Gasteiger partial charge in [0, 0.05) is 0 Å². The van der Waals surface area contributed by atoms with E-state index >= 15 is 0 Å². The first kappa shape index (κ1) is 12.2. The summed E-state index contributed by atoms with van der Waals surface area (Å²) < 4.78 is 0. The van der Waals surface area contributed by atoms with Crippen LogP contribution in [0.2, 0.25) is 0 Å². The Labute approximate surface area is 80.5 Å². The molecule has 0 aliphatic carbocycles. The number of rotatable bonds is 2. The van der Waals surface area contributed by atoms with Crippen LogP contribution in [0.5, 0.6) is 0 Å². The Morgan fingerprint density at radius 3 is 2.00 bits per heavy atom. The largest absolute Gasteiger partial charge is 0.432 e. The molecule has 0 fully saturated rings. The van der Waals surface area contributed by atoms with Crippen LogP contribution < -0.4 is 0 Å². The molecule has 13 heavy (non-hydrogen) atoms. The molecule has 0 saturated heterocycles. The van der Waals surface area contributed by atoms with Crippen molar-refractivity contribution < 1.29 is 10.0 Å². The lowest BCUT2D eigenvalue weighted by atomic mass is 10.0. The zero-order chi connectivity index (χ0) is 10.1. The van der Waals surface area contributed by atoms with Gasteiger partial charge in [0.25, 0.3) is 0 Å². The minimum Gasteiger partial charge on any atom is -0.430 e. The summed E-state index contributed by atoms with van der Waals surface area (Å²) in [5, 5.41) is 14.2. The van der Waals surface area contributed by atoms with Gasteiger partial charge in [-0.3, -0.25) is 0 Å². The average molecular weight is 180 g/mol. The van der Waals surface area contributed by atoms with Crippen molar-refractivity contribution in [1.29, 1.82) is 0 Å². The molecule has 1 aromatic rings. The van der Waals surface area contributed by atoms with E-state index in [2.05, 4.69) is 44.2 Å². The lowest BCUT2D eigenvalue weighted by Crippen LogP contribution is -1.92. The van der Waals surface area contributed by atoms with E-state index in [1.165, 1.54) is 12.0 Å². The Bertz CT molecular complexity index is 199. The minimum absolute atomic E-state index is 0.750. The lowest BCUT2D eigenvalue weighted by Gasteiger charge is -2.02. The zero-order valence-corrected chi connectivity index (χ0v) is 8.27. The smallest absolute Gasteiger partial charge is 0.430 e. The van der Waals surface area contributed by atoms with Gasteiger partial charge < -0.3 is 10.0 Å². The van der Waals surface area contributed by atoms with Crippen LogP contribution in [-0.4, -0.2) is 17.7 Å². The maximum Gasteiger partial charge on any atom is 0.432 e. The van der Waals surface area contributed by atoms with Gasteiger partial charge in [-0.2, -0.15) is 0 Å². The molecular formula is C10H17BO2. The summed E-state index contributed by atoms with van der Waals surface area (Å²) in [6.45, 7) is 4.49. The maximum atomic E-state index is 7.12. The fourth-order valence-corrected chi connectivity index (χ4v) is 1.09. The molecule has 2 N–H and O–H groups in total. The van der Waals surface area contributed by atoms with Gasteiger partial charge in [-0.05, 0) is 17.9 Å². The summed E-state index contributed by atoms with van der Waals surface area (Å²) in [7, 11) is -0.750. The Hall–Kier alpha value is -0.795. The van der Waals surface area contributed by atoms with E-state index in [1.807, 2.05) is 0 Å². The van der Waals surface area contributed by atoms with Crippen molar-refractivity contribution in [3.8, 4) is 0 Å². The van der Waals surface area contributed by atoms with E-state index in [0.717, 1.165) is 5.92 Å². The number of benzene rings is 1. The minimum atomic E-state index is -0.750. The summed E-state index contributed by atoms with van der Waals surface area (Å²) in [5.41, 5.74) is 1.44. The normalized spacial score (nSPS) is 9.00. The van der Waals surface area contributed by atoms with Gasteiger partial charge >= 0.3 is 7.69 Å². The first-order valence-electron chi connectivity index (χ1n) is 4.46. The topological polar surface area (TPSA) is 40.5 Å². The van der Waals surface area contributed by atoms with E-state index in [1.54, 1.807) is 0 Å². The van der Waals surface area contributed by atoms with E-state index in [4.69, 9.17) is 10.0 Å². The summed E-state index contributed by atoms with van der Waals surface area (Å²) in [4.78, 5) is 0. The van der Waals surface area contributed by atoms with Crippen molar-refractivity contribution in [2.24, 2.45) is 5.92 Å². The van der Waals surface area contributed by atoms with E-state index < -0.39 is 7.69 Å². The van der Waals surface area contributed by atoms with Crippen LogP contribution in [0.25, 0.3) is 0 Å². The summed E-state index contributed by atoms with van der Waals surface area (Å²) >= 11 is 0. The van der Waals surface area contributed by atoms with Gasteiger partial charge in [-0.25, -0.2) is 0 Å². The highest BCUT2D eigenvalue weighted by atomic mass is 16.4. The van der Waals surface area contributed by atoms with Crippen LogP contribution >= 0.6 is 0 Å². The maximum absolute atomic E-state index is 7.12. The van der Waals surface area contributed by atoms with Gasteiger partial charge in [0.05, 0.1) is 0 Å². The molecule has 1 rings (SSSR count). The molecule has 0 radical (unpaired) electrons. The van der Waals surface area contributed by atoms with Crippen molar-refractivity contribution in [2.75, 3.05) is 0 Å². The van der Waals surface area contributed by atoms with Crippen molar-refractivity contribution >= 4 is 7.69 Å². The van der Waals surface area contributed by atoms with Crippen molar-refractivity contribution in [3.05, 3.63) is 35.9 Å². The summed E-state index contributed by atoms with van der Waals surface area (Å²) in [6.07, 6.45) is 1.20. The molecule has 0 unspecified atom stereocenters. The zero-order valence-electron chi connectivity index (χ0n) is 8.27. The Balaban J connectivity index is 0.000000424. The second-order valence-electron chi connectivity index (χ2n) is 3.22. The molecule has 3 heteroatoms. The third kappa shape index (κ3) is 7.56. The summed E-state index contributed by atoms with van der Waals surface area (Å²) in [5.74, 6) is 0.766. The van der Waals surface area contributed by atoms with Gasteiger partial charge in [-0.15, -0.1) is 0 Å². The van der Waals surface area contributed by atoms with Crippen LogP contribution in [0.1, 0.15) is 19.4 Å². The van der Waals surface area contributed by atoms with Crippen molar-refractivity contribution in [1.82, 2.24) is 0 Å². The highest BCUT2D eigenvalue weighted by molar-refractivity contribution is 6.13. The van der Waals surface area contributed by atoms with Crippen LogP contribution in [0.4, 0.5) is 0 Å². The van der Waals surface area contributed by atoms with Gasteiger partial charge in [0.1, 0.15) is 0 Å². The number of hydrogen-bond acceptors (Lipinski definition) is 2. The quantitative estimate of drug-likeness (QED) is 0.669. The molecule has 2 nitrogen and oxygen atoms in total. The standard InChI is InChI=1S/C10H14.BH3O2/c1-9(2)8-10-6-4-3-5-7-10;2-1-3/h3-7,9H,8H2,1-2H3;1-3H. The molecular weight excluding hydrogens is 163 g/mol. The SMILES string of the molecule is CC(C)Cc1ccccc1.OBO. The Morgan fingerprint density at radius 1 is 1.15 bits per heavy atom. The van der Waals surface area contributed by atoms with Crippen LogP contribution in [0.3, 0.4) is 0 Å². The van der Waals surface area contributed by atoms with Gasteiger partial charge in [0.15, 0.2) is 0 Å². The third-order valence-electron chi connectivity index (χ3n) is 1.49. The van der Waals surface area contributed by atoms with E-state index in [9.17, 15) is 0 Å². The monoisotopic (exact) mass is 180 g/mol. The highest BCUT2D eigenvalue weighted by Crippen LogP contribution is 2.05. The first-order chi connectivity index (χ1) is 6.20. The fourth-order valence-electron chi connectivity index (χ4n) is 1.09. The van der Waals surface area contributed by atoms with E-state index in [0.29, 0.717) is 0 Å². The van der Waals surface area contributed by atoms with Gasteiger partial charge in [0.2, 0.25) is 0 Å². The molecule has 0 aromatic heterocycles. The molecule has 0 atom stereocenters. The lowest BCUT2D eigenvalue weighted by molar-refractivity contribution is 0.448. The molecule has 0 aliphatic rings. The molecule has 0 bridgehead atoms. The third-order valence-corrected chi connectivity index (χ3v) is 1.49. The fraction of sp³-hybridized carbons (Fsp3) is 0.400. The van der Waals surface area contributed by atoms with Crippen LogP contribution in [0, 0.1) is 5.92 Å². The second kappa shape index (κ2) is 7.83. The highest BCUT2D eigenvalue weighted by Gasteiger charge is 1.94. The van der Waals surface area contributed by atoms with Crippen molar-refractivity contribution in [2.45, 2.75) is 20.3 Å². The molecule has 0 heterocycles. The molecule has 0 aliphatic heterocycles. The van der Waals surface area contributed by atoms with E-state index in [-0.39, 0.29) is 0 Å².